The van der Waals surface area contributed by atoms with Gasteiger partial charge in [0, 0.05) is 11.4 Å². The third kappa shape index (κ3) is 5.26. The molecule has 2 N–H and O–H groups in total. The summed E-state index contributed by atoms with van der Waals surface area (Å²) in [7, 11) is -9.49. The van der Waals surface area contributed by atoms with Crippen molar-refractivity contribution in [2.45, 2.75) is 17.3 Å². The van der Waals surface area contributed by atoms with Crippen LogP contribution in [0.25, 0.3) is 0 Å². The van der Waals surface area contributed by atoms with E-state index in [-0.39, 0.29) is 16.3 Å². The monoisotopic (exact) mass is 424 g/mol. The first-order valence-corrected chi connectivity index (χ1v) is 10.4. The summed E-state index contributed by atoms with van der Waals surface area (Å²) in [5, 5.41) is 0. The molecule has 12 heteroatoms. The molecule has 0 unspecified atom stereocenters. The van der Waals surface area contributed by atoms with E-state index in [1.807, 2.05) is 0 Å². The normalized spacial score (nSPS) is 12.4. The minimum absolute atomic E-state index is 0.0406. The van der Waals surface area contributed by atoms with Crippen molar-refractivity contribution in [2.75, 3.05) is 16.1 Å². The van der Waals surface area contributed by atoms with Gasteiger partial charge in [0.05, 0.1) is 11.5 Å². The topological polar surface area (TPSA) is 102 Å². The highest BCUT2D eigenvalue weighted by Crippen LogP contribution is 2.26. The zero-order valence-electron chi connectivity index (χ0n) is 13.8. The first kappa shape index (κ1) is 20.8. The van der Waals surface area contributed by atoms with Crippen molar-refractivity contribution in [2.24, 2.45) is 0 Å². The van der Waals surface area contributed by atoms with Gasteiger partial charge >= 0.3 is 15.5 Å². The van der Waals surface area contributed by atoms with E-state index in [0.717, 1.165) is 24.3 Å². The number of halogens is 3. The molecule has 0 aliphatic rings. The summed E-state index contributed by atoms with van der Waals surface area (Å²) in [6.45, 7) is 2.21. The number of hydrogen-bond donors (Lipinski definition) is 2. The first-order valence-electron chi connectivity index (χ1n) is 7.39. The van der Waals surface area contributed by atoms with E-state index in [1.165, 1.54) is 29.0 Å². The molecule has 0 aliphatic heterocycles. The summed E-state index contributed by atoms with van der Waals surface area (Å²) in [6.07, 6.45) is 0. The van der Waals surface area contributed by atoms with Crippen LogP contribution >= 0.6 is 0 Å². The Balaban J connectivity index is 2.13. The van der Waals surface area contributed by atoms with Crippen LogP contribution in [0, 0.1) is 0 Å². The molecule has 27 heavy (non-hydrogen) atoms. The Bertz CT molecular complexity index is 987. The number of nitrogens with one attached hydrogen (secondary N) is 2. The van der Waals surface area contributed by atoms with Gasteiger partial charge in [0.15, 0.2) is 0 Å². The smallest absolute Gasteiger partial charge is 0.494 e. The van der Waals surface area contributed by atoms with Gasteiger partial charge < -0.3 is 4.74 Å². The zero-order valence-corrected chi connectivity index (χ0v) is 15.5. The lowest BCUT2D eigenvalue weighted by atomic mass is 10.3. The largest absolute Gasteiger partial charge is 0.516 e. The Morgan fingerprint density at radius 2 is 1.33 bits per heavy atom. The predicted molar refractivity (Wildman–Crippen MR) is 93.5 cm³/mol. The third-order valence-corrected chi connectivity index (χ3v) is 5.65. The van der Waals surface area contributed by atoms with Gasteiger partial charge in [-0.05, 0) is 55.5 Å². The van der Waals surface area contributed by atoms with E-state index < -0.39 is 25.6 Å². The van der Waals surface area contributed by atoms with Crippen molar-refractivity contribution in [1.82, 2.24) is 0 Å². The average molecular weight is 424 g/mol. The van der Waals surface area contributed by atoms with Gasteiger partial charge in [0.2, 0.25) is 0 Å². The third-order valence-electron chi connectivity index (χ3n) is 3.14. The molecule has 7 nitrogen and oxygen atoms in total. The molecule has 0 fully saturated rings. The maximum atomic E-state index is 12.3. The number of hydrogen-bond acceptors (Lipinski definition) is 5. The van der Waals surface area contributed by atoms with Crippen LogP contribution in [0.4, 0.5) is 24.5 Å². The number of alkyl halides is 3. The van der Waals surface area contributed by atoms with Crippen LogP contribution in [0.15, 0.2) is 53.4 Å². The van der Waals surface area contributed by atoms with E-state index in [9.17, 15) is 30.0 Å². The average Bonchev–Trinajstić information content (AvgIpc) is 2.56. The highest BCUT2D eigenvalue weighted by molar-refractivity contribution is 7.93. The van der Waals surface area contributed by atoms with Crippen LogP contribution in [0.1, 0.15) is 6.92 Å². The number of benzene rings is 2. The fraction of sp³-hybridized carbons (Fsp3) is 0.200. The molecular weight excluding hydrogens is 409 g/mol. The number of rotatable bonds is 7. The molecule has 0 spiro atoms. The second-order valence-electron chi connectivity index (χ2n) is 5.14. The highest BCUT2D eigenvalue weighted by Gasteiger charge is 2.46. The number of anilines is 2. The minimum atomic E-state index is -5.55. The van der Waals surface area contributed by atoms with Crippen LogP contribution < -0.4 is 14.2 Å². The Labute approximate surface area is 154 Å². The quantitative estimate of drug-likeness (QED) is 0.711. The van der Waals surface area contributed by atoms with E-state index in [0.29, 0.717) is 12.4 Å². The summed E-state index contributed by atoms with van der Waals surface area (Å²) in [4.78, 5) is -0.0483. The van der Waals surface area contributed by atoms with Crippen molar-refractivity contribution in [3.63, 3.8) is 0 Å². The lowest BCUT2D eigenvalue weighted by Crippen LogP contribution is -2.29. The fourth-order valence-corrected chi connectivity index (χ4v) is 3.54. The molecular formula is C15H15F3N2O5S2. The number of ether oxygens (including phenoxy) is 1. The molecule has 0 bridgehead atoms. The van der Waals surface area contributed by atoms with Gasteiger partial charge in [-0.25, -0.2) is 8.42 Å². The highest BCUT2D eigenvalue weighted by atomic mass is 32.2. The van der Waals surface area contributed by atoms with E-state index in [4.69, 9.17) is 4.74 Å². The molecule has 0 aromatic heterocycles. The van der Waals surface area contributed by atoms with E-state index in [2.05, 4.69) is 4.72 Å². The molecule has 0 heterocycles. The molecule has 0 radical (unpaired) electrons. The molecule has 0 atom stereocenters. The van der Waals surface area contributed by atoms with Crippen LogP contribution in [0.5, 0.6) is 5.75 Å². The molecule has 0 aliphatic carbocycles. The SMILES string of the molecule is CCOc1ccc(S(=O)(=O)Nc2ccc(NS(=O)(=O)C(F)(F)F)cc2)cc1. The number of sulfonamides is 2. The van der Waals surface area contributed by atoms with Crippen LogP contribution in [0.3, 0.4) is 0 Å². The Morgan fingerprint density at radius 1 is 0.852 bits per heavy atom. The molecule has 2 aromatic carbocycles. The molecule has 2 rings (SSSR count). The lowest BCUT2D eigenvalue weighted by molar-refractivity contribution is -0.0429. The summed E-state index contributed by atoms with van der Waals surface area (Å²) in [5.74, 6) is 0.498. The molecule has 0 amide bonds. The van der Waals surface area contributed by atoms with E-state index >= 15 is 0 Å². The summed E-state index contributed by atoms with van der Waals surface area (Å²) in [5.41, 5.74) is -5.78. The van der Waals surface area contributed by atoms with Crippen LogP contribution in [-0.4, -0.2) is 29.0 Å². The second kappa shape index (κ2) is 7.64. The minimum Gasteiger partial charge on any atom is -0.494 e. The van der Waals surface area contributed by atoms with E-state index in [1.54, 1.807) is 6.92 Å². The lowest BCUT2D eigenvalue weighted by Gasteiger charge is -2.12. The molecule has 148 valence electrons. The fourth-order valence-electron chi connectivity index (χ4n) is 1.92. The van der Waals surface area contributed by atoms with Crippen LogP contribution in [-0.2, 0) is 20.0 Å². The van der Waals surface area contributed by atoms with Crippen molar-refractivity contribution in [3.8, 4) is 5.75 Å². The summed E-state index contributed by atoms with van der Waals surface area (Å²) in [6, 6.07) is 9.87. The van der Waals surface area contributed by atoms with Gasteiger partial charge in [-0.2, -0.15) is 21.6 Å². The van der Waals surface area contributed by atoms with Gasteiger partial charge in [0.1, 0.15) is 5.75 Å². The van der Waals surface area contributed by atoms with Crippen LogP contribution in [0.2, 0.25) is 0 Å². The Hall–Kier alpha value is -2.47. The van der Waals surface area contributed by atoms with Gasteiger partial charge in [-0.15, -0.1) is 0 Å². The maximum absolute atomic E-state index is 12.3. The Kier molecular flexibility index (Phi) is 5.90. The first-order chi connectivity index (χ1) is 12.4. The van der Waals surface area contributed by atoms with Crippen molar-refractivity contribution in [1.29, 1.82) is 0 Å². The molecule has 2 aromatic rings. The standard InChI is InChI=1S/C15H15F3N2O5S2/c1-2-25-13-7-9-14(10-8-13)26(21,22)19-11-3-5-12(6-4-11)20-27(23,24)15(16,17)18/h3-10,19-20H,2H2,1H3. The van der Waals surface area contributed by atoms with Crippen molar-refractivity contribution >= 4 is 31.4 Å². The molecule has 0 saturated carbocycles. The zero-order chi connectivity index (χ0) is 20.3. The van der Waals surface area contributed by atoms with Gasteiger partial charge in [0.25, 0.3) is 10.0 Å². The second-order valence-corrected chi connectivity index (χ2v) is 8.49. The van der Waals surface area contributed by atoms with Gasteiger partial charge in [-0.1, -0.05) is 0 Å². The maximum Gasteiger partial charge on any atom is 0.516 e. The van der Waals surface area contributed by atoms with Gasteiger partial charge in [-0.3, -0.25) is 9.44 Å². The Morgan fingerprint density at radius 3 is 1.78 bits per heavy atom. The summed E-state index contributed by atoms with van der Waals surface area (Å²) < 4.78 is 92.5. The summed E-state index contributed by atoms with van der Waals surface area (Å²) >= 11 is 0. The van der Waals surface area contributed by atoms with Crippen molar-refractivity contribution in [3.05, 3.63) is 48.5 Å². The molecule has 0 saturated heterocycles. The predicted octanol–water partition coefficient (Wildman–Crippen LogP) is 3.15. The van der Waals surface area contributed by atoms with Crippen molar-refractivity contribution < 1.29 is 34.7 Å².